The number of hydrogen-bond donors (Lipinski definition) is 3. The number of carboxylic acids is 2. The third-order valence-corrected chi connectivity index (χ3v) is 1.30. The largest absolute Gasteiger partial charge is 0.481 e. The van der Waals surface area contributed by atoms with Gasteiger partial charge in [0.2, 0.25) is 5.78 Å². The fourth-order valence-corrected chi connectivity index (χ4v) is 0.577. The van der Waals surface area contributed by atoms with Crippen LogP contribution in [0, 0.1) is 0 Å². The fourth-order valence-electron chi connectivity index (χ4n) is 0.577. The summed E-state index contributed by atoms with van der Waals surface area (Å²) in [4.78, 5) is 29.7. The average Bonchev–Trinajstić information content (AvgIpc) is 2.16. The van der Waals surface area contributed by atoms with Crippen LogP contribution in [0.15, 0.2) is 0 Å². The molecule has 0 saturated heterocycles. The molecule has 0 aromatic heterocycles. The van der Waals surface area contributed by atoms with Crippen molar-refractivity contribution in [2.45, 2.75) is 26.2 Å². The predicted octanol–water partition coefficient (Wildman–Crippen LogP) is 0.121. The van der Waals surface area contributed by atoms with E-state index < -0.39 is 30.6 Å². The van der Waals surface area contributed by atoms with Gasteiger partial charge >= 0.3 is 11.9 Å². The van der Waals surface area contributed by atoms with Crippen LogP contribution in [-0.2, 0) is 14.4 Å². The van der Waals surface area contributed by atoms with Gasteiger partial charge in [-0.05, 0) is 20.0 Å². The van der Waals surface area contributed by atoms with Crippen LogP contribution in [0.25, 0.3) is 0 Å². The second-order valence-corrected chi connectivity index (χ2v) is 2.73. The van der Waals surface area contributed by atoms with Gasteiger partial charge in [-0.15, -0.1) is 0 Å². The fraction of sp³-hybridized carbons (Fsp3) is 0.667. The van der Waals surface area contributed by atoms with Gasteiger partial charge in [-0.2, -0.15) is 0 Å². The molecule has 6 nitrogen and oxygen atoms in total. The van der Waals surface area contributed by atoms with E-state index in [9.17, 15) is 14.4 Å². The first kappa shape index (κ1) is 16.0. The number of carbonyl (C=O) groups is 3. The summed E-state index contributed by atoms with van der Waals surface area (Å²) in [6, 6.07) is 0. The molecule has 0 amide bonds. The van der Waals surface area contributed by atoms with Crippen molar-refractivity contribution in [1.29, 1.82) is 0 Å². The van der Waals surface area contributed by atoms with Gasteiger partial charge in [0, 0.05) is 6.42 Å². The van der Waals surface area contributed by atoms with Crippen molar-refractivity contribution >= 4 is 17.7 Å². The van der Waals surface area contributed by atoms with E-state index in [1.807, 2.05) is 7.05 Å². The van der Waals surface area contributed by atoms with Crippen LogP contribution in [-0.4, -0.2) is 41.5 Å². The Hall–Kier alpha value is -1.43. The maximum absolute atomic E-state index is 10.2. The Bertz CT molecular complexity index is 213. The molecular formula is C9H17NO5. The number of carbonyl (C=O) groups excluding carboxylic acids is 1. The lowest BCUT2D eigenvalue weighted by Gasteiger charge is -1.88. The number of nitrogens with one attached hydrogen (secondary N) is 1. The molecule has 0 aliphatic rings. The summed E-state index contributed by atoms with van der Waals surface area (Å²) in [7, 11) is 1.96. The van der Waals surface area contributed by atoms with E-state index >= 15 is 0 Å². The van der Waals surface area contributed by atoms with Crippen molar-refractivity contribution in [2.24, 2.45) is 0 Å². The van der Waals surface area contributed by atoms with Gasteiger partial charge in [0.25, 0.3) is 0 Å². The zero-order chi connectivity index (χ0) is 12.3. The monoisotopic (exact) mass is 219 g/mol. The van der Waals surface area contributed by atoms with E-state index in [0.717, 1.165) is 6.54 Å². The van der Waals surface area contributed by atoms with Crippen LogP contribution >= 0.6 is 0 Å². The molecule has 0 fully saturated rings. The lowest BCUT2D eigenvalue weighted by atomic mass is 10.2. The molecule has 0 radical (unpaired) electrons. The first-order chi connectivity index (χ1) is 6.95. The summed E-state index contributed by atoms with van der Waals surface area (Å²) in [5, 5.41) is 19.0. The van der Waals surface area contributed by atoms with Crippen molar-refractivity contribution in [3.8, 4) is 0 Å². The van der Waals surface area contributed by atoms with Crippen LogP contribution in [0.4, 0.5) is 0 Å². The van der Waals surface area contributed by atoms with Gasteiger partial charge in [-0.25, -0.2) is 4.79 Å². The highest BCUT2D eigenvalue weighted by molar-refractivity contribution is 6.32. The molecule has 88 valence electrons. The predicted molar refractivity (Wildman–Crippen MR) is 53.7 cm³/mol. The molecule has 0 heterocycles. The zero-order valence-electron chi connectivity index (χ0n) is 8.95. The quantitative estimate of drug-likeness (QED) is 0.548. The molecule has 0 aliphatic heterocycles. The van der Waals surface area contributed by atoms with Crippen molar-refractivity contribution < 1.29 is 24.6 Å². The Morgan fingerprint density at radius 2 is 1.67 bits per heavy atom. The van der Waals surface area contributed by atoms with Crippen LogP contribution in [0.1, 0.15) is 26.2 Å². The van der Waals surface area contributed by atoms with Crippen LogP contribution in [0.5, 0.6) is 0 Å². The zero-order valence-corrected chi connectivity index (χ0v) is 8.95. The van der Waals surface area contributed by atoms with Gasteiger partial charge in [0.15, 0.2) is 0 Å². The molecule has 0 rings (SSSR count). The maximum Gasteiger partial charge on any atom is 0.372 e. The molecule has 0 bridgehead atoms. The molecule has 0 atom stereocenters. The average molecular weight is 219 g/mol. The van der Waals surface area contributed by atoms with Crippen molar-refractivity contribution in [2.75, 3.05) is 13.6 Å². The van der Waals surface area contributed by atoms with E-state index in [-0.39, 0.29) is 0 Å². The topological polar surface area (TPSA) is 104 Å². The van der Waals surface area contributed by atoms with Gasteiger partial charge < -0.3 is 15.5 Å². The first-order valence-corrected chi connectivity index (χ1v) is 4.58. The van der Waals surface area contributed by atoms with Crippen molar-refractivity contribution in [3.63, 3.8) is 0 Å². The first-order valence-electron chi connectivity index (χ1n) is 4.58. The lowest BCUT2D eigenvalue weighted by molar-refractivity contribution is -0.149. The highest BCUT2D eigenvalue weighted by atomic mass is 16.4. The number of hydrogen-bond acceptors (Lipinski definition) is 4. The normalized spacial score (nSPS) is 8.67. The number of ketones is 1. The summed E-state index contributed by atoms with van der Waals surface area (Å²) >= 11 is 0. The summed E-state index contributed by atoms with van der Waals surface area (Å²) in [5.74, 6) is -3.82. The lowest BCUT2D eigenvalue weighted by Crippen LogP contribution is -2.13. The molecule has 15 heavy (non-hydrogen) atoms. The molecule has 0 aromatic carbocycles. The molecule has 0 spiro atoms. The van der Waals surface area contributed by atoms with Gasteiger partial charge in [-0.1, -0.05) is 6.92 Å². The highest BCUT2D eigenvalue weighted by Gasteiger charge is 2.12. The summed E-state index contributed by atoms with van der Waals surface area (Å²) in [6.45, 7) is 3.29. The highest BCUT2D eigenvalue weighted by Crippen LogP contribution is 1.89. The van der Waals surface area contributed by atoms with E-state index in [0.29, 0.717) is 0 Å². The standard InChI is InChI=1S/C5H6O5.C4H11N/c6-3(5(9)10)1-2-4(7)8;1-3-4-5-2/h1-2H2,(H,7,8)(H,9,10);5H,3-4H2,1-2H3. The number of aliphatic carboxylic acids is 2. The molecule has 0 saturated carbocycles. The molecule has 0 aromatic rings. The third-order valence-electron chi connectivity index (χ3n) is 1.30. The summed E-state index contributed by atoms with van der Waals surface area (Å²) in [6.07, 6.45) is 0.367. The van der Waals surface area contributed by atoms with Crippen molar-refractivity contribution in [3.05, 3.63) is 0 Å². The number of carboxylic acid groups (broad SMARTS) is 2. The Morgan fingerprint density at radius 3 is 1.87 bits per heavy atom. The molecule has 0 unspecified atom stereocenters. The minimum atomic E-state index is -1.58. The maximum atomic E-state index is 10.2. The summed E-state index contributed by atoms with van der Waals surface area (Å²) in [5.41, 5.74) is 0. The van der Waals surface area contributed by atoms with Gasteiger partial charge in [0.1, 0.15) is 0 Å². The molecule has 0 aliphatic carbocycles. The molecule has 6 heteroatoms. The SMILES string of the molecule is CCCNC.O=C(O)CCC(=O)C(=O)O. The minimum Gasteiger partial charge on any atom is -0.481 e. The van der Waals surface area contributed by atoms with Gasteiger partial charge in [0.05, 0.1) is 6.42 Å². The van der Waals surface area contributed by atoms with Crippen LogP contribution in [0.3, 0.4) is 0 Å². The Balaban J connectivity index is 0. The Morgan fingerprint density at radius 1 is 1.13 bits per heavy atom. The van der Waals surface area contributed by atoms with E-state index in [1.54, 1.807) is 0 Å². The van der Waals surface area contributed by atoms with E-state index in [4.69, 9.17) is 10.2 Å². The number of Topliss-reactive ketones (excluding diaryl/α,β-unsaturated/α-hetero) is 1. The van der Waals surface area contributed by atoms with Crippen LogP contribution in [0.2, 0.25) is 0 Å². The smallest absolute Gasteiger partial charge is 0.372 e. The molecule has 3 N–H and O–H groups in total. The van der Waals surface area contributed by atoms with E-state index in [2.05, 4.69) is 12.2 Å². The third kappa shape index (κ3) is 15.3. The van der Waals surface area contributed by atoms with Crippen molar-refractivity contribution in [1.82, 2.24) is 5.32 Å². The molecular weight excluding hydrogens is 202 g/mol. The van der Waals surface area contributed by atoms with Gasteiger partial charge in [-0.3, -0.25) is 9.59 Å². The van der Waals surface area contributed by atoms with Crippen LogP contribution < -0.4 is 5.32 Å². The summed E-state index contributed by atoms with van der Waals surface area (Å²) < 4.78 is 0. The second-order valence-electron chi connectivity index (χ2n) is 2.73. The Kier molecular flexibility index (Phi) is 11.4. The second kappa shape index (κ2) is 10.6. The van der Waals surface area contributed by atoms with E-state index in [1.165, 1.54) is 6.42 Å². The number of rotatable bonds is 6. The Labute approximate surface area is 88.3 Å². The minimum absolute atomic E-state index is 0.425.